The van der Waals surface area contributed by atoms with E-state index in [0.717, 1.165) is 22.9 Å². The standard InChI is InChI=1S/2C12H14NO.2CH3.Sn/c2*1-9(2)11-8-14-12(13-11)10-6-4-3-5-7-10;;;/h2*3-6,9,11H,8H2,1-2H3;2*1H3;. The molecule has 4 rings (SSSR count). The summed E-state index contributed by atoms with van der Waals surface area (Å²) in [5.41, 5.74) is 2.33. The average Bonchev–Trinajstić information content (AvgIpc) is 3.44. The fourth-order valence-corrected chi connectivity index (χ4v) is 13.0. The molecule has 164 valence electrons. The predicted molar refractivity (Wildman–Crippen MR) is 132 cm³/mol. The van der Waals surface area contributed by atoms with Crippen molar-refractivity contribution in [3.63, 3.8) is 0 Å². The van der Waals surface area contributed by atoms with Crippen LogP contribution in [0.5, 0.6) is 0 Å². The third-order valence-corrected chi connectivity index (χ3v) is 16.7. The summed E-state index contributed by atoms with van der Waals surface area (Å²) in [6.45, 7) is 10.2. The Bertz CT molecular complexity index is 930. The van der Waals surface area contributed by atoms with Crippen molar-refractivity contribution < 1.29 is 9.47 Å². The molecule has 0 amide bonds. The number of aliphatic imine (C=N–C) groups is 2. The van der Waals surface area contributed by atoms with Crippen molar-refractivity contribution in [1.82, 2.24) is 0 Å². The van der Waals surface area contributed by atoms with Gasteiger partial charge >= 0.3 is 191 Å². The molecule has 0 saturated heterocycles. The Kier molecular flexibility index (Phi) is 6.47. The Hall–Kier alpha value is -1.82. The van der Waals surface area contributed by atoms with E-state index in [4.69, 9.17) is 19.5 Å². The summed E-state index contributed by atoms with van der Waals surface area (Å²) < 4.78 is 15.0. The molecule has 2 heterocycles. The van der Waals surface area contributed by atoms with E-state index in [1.165, 1.54) is 7.16 Å². The third kappa shape index (κ3) is 4.41. The van der Waals surface area contributed by atoms with E-state index in [2.05, 4.69) is 86.1 Å². The van der Waals surface area contributed by atoms with Gasteiger partial charge in [-0.05, 0) is 0 Å². The van der Waals surface area contributed by atoms with E-state index < -0.39 is 18.4 Å². The molecule has 0 fully saturated rings. The van der Waals surface area contributed by atoms with Crippen molar-refractivity contribution in [3.8, 4) is 0 Å². The second-order valence-electron chi connectivity index (χ2n) is 9.83. The Morgan fingerprint density at radius 3 is 1.45 bits per heavy atom. The Balaban J connectivity index is 1.77. The van der Waals surface area contributed by atoms with Crippen molar-refractivity contribution in [2.24, 2.45) is 21.8 Å². The minimum absolute atomic E-state index is 0.239. The molecule has 2 aliphatic heterocycles. The second-order valence-corrected chi connectivity index (χ2v) is 22.2. The molecule has 31 heavy (non-hydrogen) atoms. The van der Waals surface area contributed by atoms with Gasteiger partial charge in [0.1, 0.15) is 0 Å². The van der Waals surface area contributed by atoms with Gasteiger partial charge in [-0.1, -0.05) is 0 Å². The summed E-state index contributed by atoms with van der Waals surface area (Å²) in [6, 6.07) is 17.9. The first kappa shape index (κ1) is 22.4. The zero-order valence-corrected chi connectivity index (χ0v) is 22.4. The van der Waals surface area contributed by atoms with E-state index in [1.807, 2.05) is 0 Å². The summed E-state index contributed by atoms with van der Waals surface area (Å²) >= 11 is -3.03. The van der Waals surface area contributed by atoms with Crippen LogP contribution in [0, 0.1) is 11.8 Å². The molecule has 0 spiro atoms. The Labute approximate surface area is 190 Å². The number of ether oxygens (including phenoxy) is 2. The van der Waals surface area contributed by atoms with Crippen LogP contribution >= 0.6 is 0 Å². The van der Waals surface area contributed by atoms with Crippen molar-refractivity contribution in [1.29, 1.82) is 0 Å². The molecule has 0 aliphatic carbocycles. The predicted octanol–water partition coefficient (Wildman–Crippen LogP) is 4.11. The summed E-state index contributed by atoms with van der Waals surface area (Å²) in [6.07, 6.45) is 0. The molecule has 2 unspecified atom stereocenters. The molecule has 0 radical (unpaired) electrons. The van der Waals surface area contributed by atoms with Gasteiger partial charge in [0.05, 0.1) is 0 Å². The van der Waals surface area contributed by atoms with Crippen molar-refractivity contribution in [2.75, 3.05) is 13.2 Å². The normalized spacial score (nSPS) is 21.2. The zero-order valence-electron chi connectivity index (χ0n) is 19.6. The van der Waals surface area contributed by atoms with Crippen LogP contribution < -0.4 is 7.16 Å². The van der Waals surface area contributed by atoms with Crippen LogP contribution in [0.3, 0.4) is 0 Å². The van der Waals surface area contributed by atoms with Crippen molar-refractivity contribution in [2.45, 2.75) is 49.7 Å². The first-order chi connectivity index (χ1) is 14.8. The number of rotatable bonds is 6. The molecule has 0 saturated carbocycles. The summed E-state index contributed by atoms with van der Waals surface area (Å²) in [7, 11) is 0. The molecule has 0 bridgehead atoms. The summed E-state index contributed by atoms with van der Waals surface area (Å²) in [5, 5.41) is 0. The Morgan fingerprint density at radius 1 is 0.710 bits per heavy atom. The van der Waals surface area contributed by atoms with Gasteiger partial charge in [0, 0.05) is 0 Å². The first-order valence-corrected chi connectivity index (χ1v) is 20.0. The van der Waals surface area contributed by atoms with Gasteiger partial charge in [-0.25, -0.2) is 0 Å². The molecule has 4 nitrogen and oxygen atoms in total. The second kappa shape index (κ2) is 8.97. The van der Waals surface area contributed by atoms with Gasteiger partial charge in [0.2, 0.25) is 0 Å². The molecular formula is C26H34N2O2Sn. The molecular weight excluding hydrogens is 491 g/mol. The number of benzene rings is 2. The third-order valence-electron chi connectivity index (χ3n) is 6.55. The van der Waals surface area contributed by atoms with Gasteiger partial charge in [-0.3, -0.25) is 0 Å². The maximum atomic E-state index is 6.09. The van der Waals surface area contributed by atoms with Crippen molar-refractivity contribution in [3.05, 3.63) is 59.7 Å². The van der Waals surface area contributed by atoms with Gasteiger partial charge in [0.25, 0.3) is 0 Å². The Morgan fingerprint density at radius 2 is 1.10 bits per heavy atom. The quantitative estimate of drug-likeness (QED) is 0.534. The monoisotopic (exact) mass is 526 g/mol. The van der Waals surface area contributed by atoms with E-state index in [1.54, 1.807) is 0 Å². The average molecular weight is 525 g/mol. The molecule has 5 heteroatoms. The van der Waals surface area contributed by atoms with Crippen LogP contribution in [0.1, 0.15) is 38.8 Å². The van der Waals surface area contributed by atoms with E-state index in [0.29, 0.717) is 25.0 Å². The van der Waals surface area contributed by atoms with Crippen LogP contribution in [0.15, 0.2) is 58.5 Å². The van der Waals surface area contributed by atoms with Gasteiger partial charge in [0.15, 0.2) is 0 Å². The number of hydrogen-bond donors (Lipinski definition) is 0. The molecule has 2 aromatic carbocycles. The van der Waals surface area contributed by atoms with Gasteiger partial charge in [-0.2, -0.15) is 0 Å². The van der Waals surface area contributed by atoms with Gasteiger partial charge in [-0.15, -0.1) is 0 Å². The number of nitrogens with zero attached hydrogens (tertiary/aromatic N) is 2. The van der Waals surface area contributed by atoms with E-state index in [9.17, 15) is 0 Å². The zero-order chi connectivity index (χ0) is 22.2. The van der Waals surface area contributed by atoms with Crippen LogP contribution in [0.4, 0.5) is 0 Å². The molecule has 0 N–H and O–H groups in total. The van der Waals surface area contributed by atoms with Crippen molar-refractivity contribution >= 4 is 37.3 Å². The fourth-order valence-electron chi connectivity index (χ4n) is 4.33. The maximum absolute atomic E-state index is 6.09. The fraction of sp³-hybridized carbons (Fsp3) is 0.462. The first-order valence-electron chi connectivity index (χ1n) is 11.4. The summed E-state index contributed by atoms with van der Waals surface area (Å²) in [5.74, 6) is 2.58. The molecule has 2 atom stereocenters. The minimum atomic E-state index is -3.03. The SMILES string of the molecule is CC(C)C1COC(c2cccc[c]2[Sn]([CH3])([CH3])[c]2ccccc2C2=NC(C(C)C)CO2)=N1. The topological polar surface area (TPSA) is 43.2 Å². The molecule has 2 aromatic rings. The van der Waals surface area contributed by atoms with E-state index >= 15 is 0 Å². The van der Waals surface area contributed by atoms with Crippen LogP contribution in [0.25, 0.3) is 0 Å². The van der Waals surface area contributed by atoms with Crippen LogP contribution in [-0.4, -0.2) is 55.5 Å². The molecule has 2 aliphatic rings. The van der Waals surface area contributed by atoms with E-state index in [-0.39, 0.29) is 12.1 Å². The molecule has 0 aromatic heterocycles. The van der Waals surface area contributed by atoms with Crippen LogP contribution in [0.2, 0.25) is 9.88 Å². The van der Waals surface area contributed by atoms with Crippen LogP contribution in [-0.2, 0) is 9.47 Å². The summed E-state index contributed by atoms with van der Waals surface area (Å²) in [4.78, 5) is 14.8. The number of hydrogen-bond acceptors (Lipinski definition) is 4. The van der Waals surface area contributed by atoms with Gasteiger partial charge < -0.3 is 0 Å².